The lowest BCUT2D eigenvalue weighted by atomic mass is 10.1. The van der Waals surface area contributed by atoms with Crippen molar-refractivity contribution >= 4 is 61.5 Å². The number of benzene rings is 2. The second kappa shape index (κ2) is 8.28. The minimum atomic E-state index is -0.781. The fraction of sp³-hybridized carbons (Fsp3) is 0.150. The number of carbonyl (C=O) groups excluding carboxylic acids is 3. The van der Waals surface area contributed by atoms with Gasteiger partial charge in [-0.3, -0.25) is 14.9 Å². The van der Waals surface area contributed by atoms with Crippen LogP contribution in [0.1, 0.15) is 19.4 Å². The highest BCUT2D eigenvalue weighted by Crippen LogP contribution is 2.29. The number of barbiturate groups is 1. The minimum Gasteiger partial charge on any atom is -0.490 e. The first-order valence-electron chi connectivity index (χ1n) is 8.39. The van der Waals surface area contributed by atoms with Crippen LogP contribution in [0.4, 0.5) is 10.5 Å². The molecule has 3 rings (SSSR count). The number of imide groups is 2. The predicted molar refractivity (Wildman–Crippen MR) is 113 cm³/mol. The first-order valence-corrected chi connectivity index (χ1v) is 9.98. The van der Waals surface area contributed by atoms with Crippen molar-refractivity contribution in [3.63, 3.8) is 0 Å². The molecule has 1 heterocycles. The highest BCUT2D eigenvalue weighted by Gasteiger charge is 2.36. The summed E-state index contributed by atoms with van der Waals surface area (Å²) in [5.74, 6) is -0.764. The summed E-state index contributed by atoms with van der Waals surface area (Å²) in [6.07, 6.45) is 1.46. The minimum absolute atomic E-state index is 0.0108. The number of hydrogen-bond acceptors (Lipinski definition) is 4. The largest absolute Gasteiger partial charge is 0.490 e. The standard InChI is InChI=1S/C20H16Br2N2O4/c1-11(2)28-17-8-3-12(10-16(17)22)9-15-18(25)23-20(27)24(19(15)26)14-6-4-13(21)5-7-14/h3-11H,1-2H3,(H,23,25,27)/b15-9+. The van der Waals surface area contributed by atoms with Gasteiger partial charge in [-0.1, -0.05) is 22.0 Å². The van der Waals surface area contributed by atoms with Crippen LogP contribution >= 0.6 is 31.9 Å². The molecule has 8 heteroatoms. The van der Waals surface area contributed by atoms with Crippen LogP contribution in [-0.4, -0.2) is 23.9 Å². The van der Waals surface area contributed by atoms with Crippen molar-refractivity contribution in [2.75, 3.05) is 4.90 Å². The van der Waals surface area contributed by atoms with Crippen LogP contribution < -0.4 is 15.0 Å². The van der Waals surface area contributed by atoms with Gasteiger partial charge in [0.1, 0.15) is 11.3 Å². The maximum absolute atomic E-state index is 12.9. The van der Waals surface area contributed by atoms with Crippen LogP contribution in [0.3, 0.4) is 0 Å². The molecule has 1 aliphatic rings. The Balaban J connectivity index is 1.95. The van der Waals surface area contributed by atoms with E-state index in [-0.39, 0.29) is 11.7 Å². The predicted octanol–water partition coefficient (Wildman–Crippen LogP) is 4.67. The van der Waals surface area contributed by atoms with E-state index in [2.05, 4.69) is 37.2 Å². The maximum atomic E-state index is 12.9. The SMILES string of the molecule is CC(C)Oc1ccc(/C=C2\C(=O)NC(=O)N(c3ccc(Br)cc3)C2=O)cc1Br. The van der Waals surface area contributed by atoms with Crippen molar-refractivity contribution in [2.45, 2.75) is 20.0 Å². The number of nitrogens with one attached hydrogen (secondary N) is 1. The van der Waals surface area contributed by atoms with Crippen molar-refractivity contribution in [1.29, 1.82) is 0 Å². The number of nitrogens with zero attached hydrogens (tertiary/aromatic N) is 1. The van der Waals surface area contributed by atoms with E-state index >= 15 is 0 Å². The third-order valence-corrected chi connectivity index (χ3v) is 4.96. The van der Waals surface area contributed by atoms with Gasteiger partial charge in [-0.25, -0.2) is 9.69 Å². The molecule has 0 spiro atoms. The van der Waals surface area contributed by atoms with Crippen LogP contribution in [0, 0.1) is 0 Å². The summed E-state index contributed by atoms with van der Waals surface area (Å²) in [5.41, 5.74) is 0.851. The molecule has 28 heavy (non-hydrogen) atoms. The van der Waals surface area contributed by atoms with E-state index in [1.807, 2.05) is 13.8 Å². The fourth-order valence-electron chi connectivity index (χ4n) is 2.61. The zero-order chi connectivity index (χ0) is 20.4. The first-order chi connectivity index (χ1) is 13.3. The Morgan fingerprint density at radius 2 is 1.71 bits per heavy atom. The molecule has 2 aromatic rings. The van der Waals surface area contributed by atoms with Crippen LogP contribution in [0.15, 0.2) is 57.0 Å². The summed E-state index contributed by atoms with van der Waals surface area (Å²) in [6.45, 7) is 3.84. The van der Waals surface area contributed by atoms with E-state index in [1.165, 1.54) is 6.08 Å². The molecule has 144 valence electrons. The molecule has 6 nitrogen and oxygen atoms in total. The van der Waals surface area contributed by atoms with Crippen molar-refractivity contribution < 1.29 is 19.1 Å². The second-order valence-electron chi connectivity index (χ2n) is 6.29. The van der Waals surface area contributed by atoms with Crippen molar-refractivity contribution in [3.05, 3.63) is 62.5 Å². The summed E-state index contributed by atoms with van der Waals surface area (Å²) in [7, 11) is 0. The van der Waals surface area contributed by atoms with E-state index in [9.17, 15) is 14.4 Å². The van der Waals surface area contributed by atoms with Crippen LogP contribution in [0.5, 0.6) is 5.75 Å². The molecule has 0 bridgehead atoms. The fourth-order valence-corrected chi connectivity index (χ4v) is 3.36. The van der Waals surface area contributed by atoms with Gasteiger partial charge in [-0.05, 0) is 77.8 Å². The van der Waals surface area contributed by atoms with E-state index in [0.717, 1.165) is 9.37 Å². The Bertz CT molecular complexity index is 984. The molecule has 0 aromatic heterocycles. The van der Waals surface area contributed by atoms with Crippen molar-refractivity contribution in [3.8, 4) is 5.75 Å². The lowest BCUT2D eigenvalue weighted by Crippen LogP contribution is -2.54. The van der Waals surface area contributed by atoms with Gasteiger partial charge >= 0.3 is 6.03 Å². The smallest absolute Gasteiger partial charge is 0.335 e. The topological polar surface area (TPSA) is 75.7 Å². The number of rotatable bonds is 4. The molecule has 1 saturated heterocycles. The van der Waals surface area contributed by atoms with Gasteiger partial charge in [0.05, 0.1) is 16.3 Å². The van der Waals surface area contributed by atoms with Gasteiger partial charge in [0.15, 0.2) is 0 Å². The summed E-state index contributed by atoms with van der Waals surface area (Å²) in [5, 5.41) is 2.21. The van der Waals surface area contributed by atoms with Crippen LogP contribution in [0.2, 0.25) is 0 Å². The van der Waals surface area contributed by atoms with Gasteiger partial charge in [-0.2, -0.15) is 0 Å². The highest BCUT2D eigenvalue weighted by molar-refractivity contribution is 9.10. The van der Waals surface area contributed by atoms with Gasteiger partial charge < -0.3 is 4.74 Å². The number of hydrogen-bond donors (Lipinski definition) is 1. The zero-order valence-corrected chi connectivity index (χ0v) is 18.2. The number of halogens is 2. The number of anilines is 1. The third-order valence-electron chi connectivity index (χ3n) is 3.82. The summed E-state index contributed by atoms with van der Waals surface area (Å²) in [4.78, 5) is 38.3. The monoisotopic (exact) mass is 506 g/mol. The van der Waals surface area contributed by atoms with E-state index in [1.54, 1.807) is 42.5 Å². The number of carbonyl (C=O) groups is 3. The summed E-state index contributed by atoms with van der Waals surface area (Å²) >= 11 is 6.74. The van der Waals surface area contributed by atoms with Gasteiger partial charge in [-0.15, -0.1) is 0 Å². The van der Waals surface area contributed by atoms with Gasteiger partial charge in [0, 0.05) is 4.47 Å². The molecule has 0 saturated carbocycles. The zero-order valence-electron chi connectivity index (χ0n) is 15.0. The Hall–Kier alpha value is -2.45. The quantitative estimate of drug-likeness (QED) is 0.482. The molecular weight excluding hydrogens is 492 g/mol. The molecule has 1 N–H and O–H groups in total. The lowest BCUT2D eigenvalue weighted by Gasteiger charge is -2.26. The molecule has 2 aromatic carbocycles. The Labute approximate surface area is 178 Å². The Morgan fingerprint density at radius 3 is 2.32 bits per heavy atom. The van der Waals surface area contributed by atoms with Gasteiger partial charge in [0.25, 0.3) is 11.8 Å². The first kappa shape index (κ1) is 20.3. The Kier molecular flexibility index (Phi) is 6.00. The molecule has 0 radical (unpaired) electrons. The van der Waals surface area contributed by atoms with E-state index < -0.39 is 17.8 Å². The summed E-state index contributed by atoms with van der Waals surface area (Å²) < 4.78 is 7.16. The average Bonchev–Trinajstić information content (AvgIpc) is 2.62. The third kappa shape index (κ3) is 4.34. The molecule has 1 aliphatic heterocycles. The van der Waals surface area contributed by atoms with E-state index in [4.69, 9.17) is 4.74 Å². The van der Waals surface area contributed by atoms with Crippen molar-refractivity contribution in [2.24, 2.45) is 0 Å². The molecule has 1 fully saturated rings. The summed E-state index contributed by atoms with van der Waals surface area (Å²) in [6, 6.07) is 11.1. The molecule has 0 aliphatic carbocycles. The van der Waals surface area contributed by atoms with Crippen LogP contribution in [0.25, 0.3) is 6.08 Å². The highest BCUT2D eigenvalue weighted by atomic mass is 79.9. The molecule has 0 unspecified atom stereocenters. The molecule has 0 atom stereocenters. The lowest BCUT2D eigenvalue weighted by molar-refractivity contribution is -0.122. The van der Waals surface area contributed by atoms with Crippen LogP contribution in [-0.2, 0) is 9.59 Å². The number of ether oxygens (including phenoxy) is 1. The van der Waals surface area contributed by atoms with Gasteiger partial charge in [0.2, 0.25) is 0 Å². The Morgan fingerprint density at radius 1 is 1.04 bits per heavy atom. The molecule has 4 amide bonds. The number of urea groups is 1. The van der Waals surface area contributed by atoms with E-state index in [0.29, 0.717) is 21.5 Å². The second-order valence-corrected chi connectivity index (χ2v) is 8.06. The number of amides is 4. The van der Waals surface area contributed by atoms with Crippen molar-refractivity contribution in [1.82, 2.24) is 5.32 Å². The molecular formula is C20H16Br2N2O4. The normalized spacial score (nSPS) is 16.0. The maximum Gasteiger partial charge on any atom is 0.335 e. The average molecular weight is 508 g/mol.